The van der Waals surface area contributed by atoms with Crippen LogP contribution in [0, 0.1) is 5.82 Å². The number of rotatable bonds is 3. The molecule has 1 amide bonds. The quantitative estimate of drug-likeness (QED) is 0.744. The third-order valence-electron chi connectivity index (χ3n) is 5.88. The average molecular weight is 392 g/mol. The normalized spacial score (nSPS) is 21.6. The Kier molecular flexibility index (Phi) is 4.53. The Morgan fingerprint density at radius 2 is 2.14 bits per heavy atom. The molecule has 0 saturated carbocycles. The lowest BCUT2D eigenvalue weighted by Gasteiger charge is -2.34. The zero-order valence-electron chi connectivity index (χ0n) is 15.8. The number of halogens is 1. The summed E-state index contributed by atoms with van der Waals surface area (Å²) in [5.74, 6) is -0.387. The van der Waals surface area contributed by atoms with Crippen LogP contribution in [0.1, 0.15) is 33.5 Å². The Labute approximate surface area is 167 Å². The lowest BCUT2D eigenvalue weighted by atomic mass is 9.95. The predicted molar refractivity (Wildman–Crippen MR) is 106 cm³/mol. The maximum atomic E-state index is 13.7. The molecule has 5 nitrogen and oxygen atoms in total. The fourth-order valence-electron chi connectivity index (χ4n) is 4.41. The molecule has 6 heteroatoms. The first kappa shape index (κ1) is 18.2. The summed E-state index contributed by atoms with van der Waals surface area (Å²) in [6.45, 7) is 1.25. The van der Waals surface area contributed by atoms with Gasteiger partial charge in [0.05, 0.1) is 24.3 Å². The minimum absolute atomic E-state index is 0.109. The van der Waals surface area contributed by atoms with Gasteiger partial charge in [0, 0.05) is 35.9 Å². The van der Waals surface area contributed by atoms with E-state index in [9.17, 15) is 14.3 Å². The maximum absolute atomic E-state index is 13.7. The van der Waals surface area contributed by atoms with Crippen molar-refractivity contribution in [2.75, 3.05) is 13.2 Å². The van der Waals surface area contributed by atoms with Crippen molar-refractivity contribution in [3.63, 3.8) is 0 Å². The molecule has 3 heterocycles. The molecule has 2 aliphatic heterocycles. The van der Waals surface area contributed by atoms with E-state index in [1.54, 1.807) is 17.2 Å². The van der Waals surface area contributed by atoms with Crippen LogP contribution >= 0.6 is 0 Å². The summed E-state index contributed by atoms with van der Waals surface area (Å²) in [5.41, 5.74) is 4.06. The maximum Gasteiger partial charge on any atom is 0.255 e. The van der Waals surface area contributed by atoms with Gasteiger partial charge in [-0.1, -0.05) is 18.2 Å². The van der Waals surface area contributed by atoms with E-state index in [1.165, 1.54) is 12.1 Å². The minimum Gasteiger partial charge on any atom is -0.391 e. The molecule has 1 fully saturated rings. The second-order valence-electron chi connectivity index (χ2n) is 7.70. The van der Waals surface area contributed by atoms with Crippen molar-refractivity contribution in [3.8, 4) is 0 Å². The Morgan fingerprint density at radius 3 is 2.97 bits per heavy atom. The molecular formula is C23H21FN2O3. The Morgan fingerprint density at radius 1 is 1.24 bits per heavy atom. The Bertz CT molecular complexity index is 1100. The van der Waals surface area contributed by atoms with Crippen LogP contribution in [0.3, 0.4) is 0 Å². The molecule has 2 atom stereocenters. The summed E-state index contributed by atoms with van der Waals surface area (Å²) >= 11 is 0. The molecule has 1 N–H and O–H groups in total. The number of benzene rings is 2. The van der Waals surface area contributed by atoms with Crippen LogP contribution in [0.15, 0.2) is 48.7 Å². The number of hydrogen-bond donors (Lipinski definition) is 1. The first-order chi connectivity index (χ1) is 14.1. The molecule has 2 unspecified atom stereocenters. The van der Waals surface area contributed by atoms with Gasteiger partial charge in [0.1, 0.15) is 5.82 Å². The summed E-state index contributed by atoms with van der Waals surface area (Å²) in [4.78, 5) is 19.5. The van der Waals surface area contributed by atoms with Gasteiger partial charge >= 0.3 is 0 Å². The molecule has 1 saturated heterocycles. The first-order valence-corrected chi connectivity index (χ1v) is 9.82. The second-order valence-corrected chi connectivity index (χ2v) is 7.70. The van der Waals surface area contributed by atoms with Gasteiger partial charge in [0.25, 0.3) is 5.91 Å². The van der Waals surface area contributed by atoms with Gasteiger partial charge in [0.2, 0.25) is 0 Å². The van der Waals surface area contributed by atoms with E-state index >= 15 is 0 Å². The van der Waals surface area contributed by atoms with Crippen molar-refractivity contribution >= 4 is 16.8 Å². The van der Waals surface area contributed by atoms with Crippen LogP contribution in [0.5, 0.6) is 0 Å². The predicted octanol–water partition coefficient (Wildman–Crippen LogP) is 3.07. The van der Waals surface area contributed by atoms with Gasteiger partial charge in [-0.15, -0.1) is 0 Å². The molecule has 0 aliphatic carbocycles. The van der Waals surface area contributed by atoms with Crippen molar-refractivity contribution in [1.82, 2.24) is 9.88 Å². The molecule has 148 valence electrons. The van der Waals surface area contributed by atoms with E-state index in [0.717, 1.165) is 27.6 Å². The third-order valence-corrected chi connectivity index (χ3v) is 5.88. The number of aliphatic hydroxyl groups excluding tert-OH is 1. The fraction of sp³-hybridized carbons (Fsp3) is 0.304. The van der Waals surface area contributed by atoms with Gasteiger partial charge < -0.3 is 14.7 Å². The Hall–Kier alpha value is -2.83. The molecule has 29 heavy (non-hydrogen) atoms. The third kappa shape index (κ3) is 3.18. The number of hydrogen-bond acceptors (Lipinski definition) is 4. The standard InChI is InChI=1S/C23H21FN2O3/c24-16-4-1-3-14(10-16)9-15-11-18-19(22-17(15)5-2-7-25-22)12-26(23(18)28)20-13-29-8-6-21(20)27/h1-5,7,10-11,20-21,27H,6,8-9,12-13H2. The smallest absolute Gasteiger partial charge is 0.255 e. The lowest BCUT2D eigenvalue weighted by molar-refractivity contribution is -0.0528. The number of nitrogens with zero attached hydrogens (tertiary/aromatic N) is 2. The zero-order valence-corrected chi connectivity index (χ0v) is 15.8. The lowest BCUT2D eigenvalue weighted by Crippen LogP contribution is -2.49. The Balaban J connectivity index is 1.58. The van der Waals surface area contributed by atoms with Crippen molar-refractivity contribution < 1.29 is 19.0 Å². The van der Waals surface area contributed by atoms with E-state index < -0.39 is 6.10 Å². The van der Waals surface area contributed by atoms with E-state index in [0.29, 0.717) is 38.2 Å². The summed E-state index contributed by atoms with van der Waals surface area (Å²) in [6.07, 6.45) is 2.16. The molecule has 0 spiro atoms. The molecular weight excluding hydrogens is 371 g/mol. The van der Waals surface area contributed by atoms with Crippen LogP contribution in [0.25, 0.3) is 10.9 Å². The molecule has 5 rings (SSSR count). The summed E-state index contributed by atoms with van der Waals surface area (Å²) < 4.78 is 19.2. The highest BCUT2D eigenvalue weighted by atomic mass is 19.1. The molecule has 1 aromatic heterocycles. The van der Waals surface area contributed by atoms with E-state index in [-0.39, 0.29) is 17.8 Å². The molecule has 3 aromatic rings. The highest BCUT2D eigenvalue weighted by Gasteiger charge is 2.39. The fourth-order valence-corrected chi connectivity index (χ4v) is 4.41. The van der Waals surface area contributed by atoms with Crippen molar-refractivity contribution in [1.29, 1.82) is 0 Å². The molecule has 0 radical (unpaired) electrons. The minimum atomic E-state index is -0.590. The largest absolute Gasteiger partial charge is 0.391 e. The van der Waals surface area contributed by atoms with Gasteiger partial charge in [0.15, 0.2) is 0 Å². The summed E-state index contributed by atoms with van der Waals surface area (Å²) in [5, 5.41) is 11.4. The van der Waals surface area contributed by atoms with E-state index in [4.69, 9.17) is 4.74 Å². The number of aliphatic hydroxyl groups is 1. The van der Waals surface area contributed by atoms with Gasteiger partial charge in [-0.2, -0.15) is 0 Å². The SMILES string of the molecule is O=C1c2cc(Cc3cccc(F)c3)c3cccnc3c2CN1C1COCCC1O. The number of carbonyl (C=O) groups is 1. The van der Waals surface area contributed by atoms with E-state index in [2.05, 4.69) is 4.98 Å². The van der Waals surface area contributed by atoms with Crippen LogP contribution in [-0.4, -0.2) is 46.3 Å². The van der Waals surface area contributed by atoms with E-state index in [1.807, 2.05) is 24.3 Å². The highest BCUT2D eigenvalue weighted by Crippen LogP contribution is 2.34. The first-order valence-electron chi connectivity index (χ1n) is 9.82. The number of amides is 1. The van der Waals surface area contributed by atoms with Crippen molar-refractivity contribution in [2.24, 2.45) is 0 Å². The monoisotopic (exact) mass is 392 g/mol. The molecule has 2 aliphatic rings. The number of ether oxygens (including phenoxy) is 1. The van der Waals surface area contributed by atoms with Crippen molar-refractivity contribution in [3.05, 3.63) is 76.7 Å². The van der Waals surface area contributed by atoms with Gasteiger partial charge in [-0.05, 0) is 48.2 Å². The summed E-state index contributed by atoms with van der Waals surface area (Å²) in [7, 11) is 0. The van der Waals surface area contributed by atoms with Gasteiger partial charge in [-0.3, -0.25) is 9.78 Å². The van der Waals surface area contributed by atoms with Crippen LogP contribution < -0.4 is 0 Å². The topological polar surface area (TPSA) is 62.7 Å². The number of carbonyl (C=O) groups excluding carboxylic acids is 1. The number of aromatic nitrogens is 1. The van der Waals surface area contributed by atoms with Crippen LogP contribution in [0.2, 0.25) is 0 Å². The summed E-state index contributed by atoms with van der Waals surface area (Å²) in [6, 6.07) is 11.9. The molecule has 2 aromatic carbocycles. The van der Waals surface area contributed by atoms with Crippen molar-refractivity contribution in [2.45, 2.75) is 31.5 Å². The second kappa shape index (κ2) is 7.21. The average Bonchev–Trinajstić information content (AvgIpc) is 3.05. The highest BCUT2D eigenvalue weighted by molar-refractivity contribution is 6.04. The van der Waals surface area contributed by atoms with Crippen LogP contribution in [0.4, 0.5) is 4.39 Å². The molecule has 0 bridgehead atoms. The van der Waals surface area contributed by atoms with Crippen LogP contribution in [-0.2, 0) is 17.7 Å². The zero-order chi connectivity index (χ0) is 20.0. The number of pyridine rings is 1. The number of fused-ring (bicyclic) bond motifs is 3. The van der Waals surface area contributed by atoms with Gasteiger partial charge in [-0.25, -0.2) is 4.39 Å².